The quantitative estimate of drug-likeness (QED) is 0.424. The largest absolute Gasteiger partial charge is 0.462 e. The molecule has 0 spiro atoms. The average molecular weight is 424 g/mol. The van der Waals surface area contributed by atoms with Gasteiger partial charge >= 0.3 is 5.97 Å². The third-order valence-corrected chi connectivity index (χ3v) is 6.33. The van der Waals surface area contributed by atoms with Crippen LogP contribution < -0.4 is 0 Å². The molecule has 1 aliphatic carbocycles. The number of carbonyl (C=O) groups excluding carboxylic acids is 1. The monoisotopic (exact) mass is 423 g/mol. The Kier molecular flexibility index (Phi) is 7.55. The van der Waals surface area contributed by atoms with E-state index in [1.807, 2.05) is 39.8 Å². The molecule has 1 N–H and O–H groups in total. The van der Waals surface area contributed by atoms with Crippen molar-refractivity contribution in [2.45, 2.75) is 89.3 Å². The van der Waals surface area contributed by atoms with E-state index >= 15 is 0 Å². The Hall–Kier alpha value is -2.17. The first kappa shape index (κ1) is 23.5. The lowest BCUT2D eigenvalue weighted by Gasteiger charge is -2.50. The Bertz CT molecular complexity index is 799. The fraction of sp³-hybridized carbons (Fsp3) is 0.519. The molecule has 1 aromatic carbocycles. The maximum atomic E-state index is 12.4. The van der Waals surface area contributed by atoms with E-state index in [9.17, 15) is 10.0 Å². The third-order valence-electron chi connectivity index (χ3n) is 6.33. The summed E-state index contributed by atoms with van der Waals surface area (Å²) in [5, 5.41) is 11.8. The van der Waals surface area contributed by atoms with Crippen LogP contribution in [0.2, 0.25) is 0 Å². The number of rotatable bonds is 7. The second kappa shape index (κ2) is 9.97. The molecule has 168 valence electrons. The molecule has 1 aromatic rings. The van der Waals surface area contributed by atoms with Crippen LogP contribution in [0.4, 0.5) is 0 Å². The molecule has 0 unspecified atom stereocenters. The van der Waals surface area contributed by atoms with Gasteiger partial charge in [0.15, 0.2) is 0 Å². The molecule has 31 heavy (non-hydrogen) atoms. The summed E-state index contributed by atoms with van der Waals surface area (Å²) in [6, 6.07) is 8.79. The number of esters is 1. The van der Waals surface area contributed by atoms with Crippen molar-refractivity contribution in [3.63, 3.8) is 0 Å². The van der Waals surface area contributed by atoms with Crippen LogP contribution in [0.15, 0.2) is 60.7 Å². The Morgan fingerprint density at radius 1 is 0.968 bits per heavy atom. The van der Waals surface area contributed by atoms with Gasteiger partial charge < -0.3 is 9.94 Å². The third kappa shape index (κ3) is 6.41. The molecule has 0 saturated carbocycles. The molecule has 2 aliphatic rings. The molecule has 4 nitrogen and oxygen atoms in total. The summed E-state index contributed by atoms with van der Waals surface area (Å²) >= 11 is 0. The van der Waals surface area contributed by atoms with Crippen molar-refractivity contribution in [1.29, 1.82) is 0 Å². The summed E-state index contributed by atoms with van der Waals surface area (Å²) in [6.07, 6.45) is 17.0. The zero-order valence-electron chi connectivity index (χ0n) is 19.4. The predicted octanol–water partition coefficient (Wildman–Crippen LogP) is 6.12. The molecule has 0 aromatic heterocycles. The van der Waals surface area contributed by atoms with E-state index in [-0.39, 0.29) is 12.1 Å². The van der Waals surface area contributed by atoms with Gasteiger partial charge in [0, 0.05) is 36.3 Å². The van der Waals surface area contributed by atoms with E-state index in [4.69, 9.17) is 4.74 Å². The van der Waals surface area contributed by atoms with Crippen molar-refractivity contribution in [1.82, 2.24) is 5.06 Å². The smallest absolute Gasteiger partial charge is 0.306 e. The highest BCUT2D eigenvalue weighted by Crippen LogP contribution is 2.38. The lowest BCUT2D eigenvalue weighted by atomic mass is 9.80. The molecule has 1 aliphatic heterocycles. The van der Waals surface area contributed by atoms with Crippen LogP contribution in [0.25, 0.3) is 0 Å². The summed E-state index contributed by atoms with van der Waals surface area (Å²) in [6.45, 7) is 7.94. The minimum Gasteiger partial charge on any atom is -0.462 e. The number of ether oxygens (including phenoxy) is 1. The fourth-order valence-electron chi connectivity index (χ4n) is 4.79. The summed E-state index contributed by atoms with van der Waals surface area (Å²) in [4.78, 5) is 12.4. The summed E-state index contributed by atoms with van der Waals surface area (Å²) in [5.74, 6) is 0.199. The first-order valence-electron chi connectivity index (χ1n) is 11.5. The van der Waals surface area contributed by atoms with Crippen LogP contribution in [-0.4, -0.2) is 33.4 Å². The number of benzene rings is 1. The van der Waals surface area contributed by atoms with Gasteiger partial charge in [-0.15, -0.1) is 0 Å². The number of allylic oxidation sites excluding steroid dienone is 6. The number of unbranched alkanes of at least 4 members (excludes halogenated alkanes) is 1. The van der Waals surface area contributed by atoms with Crippen molar-refractivity contribution >= 4 is 5.97 Å². The Morgan fingerprint density at radius 3 is 2.13 bits per heavy atom. The van der Waals surface area contributed by atoms with Gasteiger partial charge in [0.1, 0.15) is 6.10 Å². The molecule has 0 atom stereocenters. The Balaban J connectivity index is 1.40. The van der Waals surface area contributed by atoms with Gasteiger partial charge in [-0.05, 0) is 58.1 Å². The van der Waals surface area contributed by atoms with Crippen molar-refractivity contribution in [2.24, 2.45) is 0 Å². The number of piperidine rings is 1. The number of aryl methyl sites for hydroxylation is 1. The normalized spacial score (nSPS) is 21.2. The first-order valence-corrected chi connectivity index (χ1v) is 11.5. The van der Waals surface area contributed by atoms with Crippen LogP contribution in [0.3, 0.4) is 0 Å². The van der Waals surface area contributed by atoms with Crippen molar-refractivity contribution in [2.75, 3.05) is 0 Å². The Labute approximate surface area is 187 Å². The van der Waals surface area contributed by atoms with Crippen LogP contribution >= 0.6 is 0 Å². The first-order chi connectivity index (χ1) is 14.7. The second-order valence-corrected chi connectivity index (χ2v) is 10.1. The molecule has 3 rings (SSSR count). The van der Waals surface area contributed by atoms with Crippen molar-refractivity contribution in [3.8, 4) is 0 Å². The molecule has 0 amide bonds. The van der Waals surface area contributed by atoms with E-state index in [0.717, 1.165) is 19.3 Å². The predicted molar refractivity (Wildman–Crippen MR) is 125 cm³/mol. The molecule has 4 heteroatoms. The molecule has 0 bridgehead atoms. The van der Waals surface area contributed by atoms with Crippen LogP contribution in [0.1, 0.15) is 76.8 Å². The summed E-state index contributed by atoms with van der Waals surface area (Å²) in [5.41, 5.74) is 1.79. The van der Waals surface area contributed by atoms with Crippen molar-refractivity contribution < 1.29 is 14.7 Å². The molecule has 0 radical (unpaired) electrons. The second-order valence-electron chi connectivity index (χ2n) is 10.1. The zero-order chi connectivity index (χ0) is 22.5. The van der Waals surface area contributed by atoms with Gasteiger partial charge in [0.2, 0.25) is 0 Å². The number of carbonyl (C=O) groups is 1. The highest BCUT2D eigenvalue weighted by molar-refractivity contribution is 5.69. The van der Waals surface area contributed by atoms with E-state index in [2.05, 4.69) is 48.6 Å². The van der Waals surface area contributed by atoms with E-state index in [0.29, 0.717) is 25.2 Å². The maximum Gasteiger partial charge on any atom is 0.306 e. The molecule has 1 fully saturated rings. The highest BCUT2D eigenvalue weighted by atomic mass is 16.5. The highest BCUT2D eigenvalue weighted by Gasteiger charge is 2.46. The Morgan fingerprint density at radius 2 is 1.55 bits per heavy atom. The summed E-state index contributed by atoms with van der Waals surface area (Å²) < 4.78 is 5.76. The van der Waals surface area contributed by atoms with Gasteiger partial charge in [-0.1, -0.05) is 60.7 Å². The SMILES string of the molecule is CC1(C)CC(OC(=O)CCCCc2ccc(C3C=CC=CC=C3)cc2)CC(C)(C)N1O. The molecular formula is C27H37NO3. The van der Waals surface area contributed by atoms with Crippen molar-refractivity contribution in [3.05, 3.63) is 71.8 Å². The summed E-state index contributed by atoms with van der Waals surface area (Å²) in [7, 11) is 0. The van der Waals surface area contributed by atoms with Crippen LogP contribution in [0, 0.1) is 0 Å². The van der Waals surface area contributed by atoms with Crippen LogP contribution in [0.5, 0.6) is 0 Å². The zero-order valence-corrected chi connectivity index (χ0v) is 19.4. The lowest BCUT2D eigenvalue weighted by molar-refractivity contribution is -0.259. The van der Waals surface area contributed by atoms with Gasteiger partial charge in [0.25, 0.3) is 0 Å². The maximum absolute atomic E-state index is 12.4. The van der Waals surface area contributed by atoms with Gasteiger partial charge in [-0.25, -0.2) is 0 Å². The van der Waals surface area contributed by atoms with E-state index in [1.165, 1.54) is 16.2 Å². The van der Waals surface area contributed by atoms with Gasteiger partial charge in [0.05, 0.1) is 0 Å². The number of hydrogen-bond acceptors (Lipinski definition) is 4. The molecule has 1 saturated heterocycles. The average Bonchev–Trinajstić information content (AvgIpc) is 2.99. The number of nitrogens with zero attached hydrogens (tertiary/aromatic N) is 1. The topological polar surface area (TPSA) is 49.8 Å². The number of hydroxylamine groups is 2. The fourth-order valence-corrected chi connectivity index (χ4v) is 4.79. The van der Waals surface area contributed by atoms with E-state index in [1.54, 1.807) is 0 Å². The lowest BCUT2D eigenvalue weighted by Crippen LogP contribution is -2.60. The van der Waals surface area contributed by atoms with Gasteiger partial charge in [-0.3, -0.25) is 4.79 Å². The van der Waals surface area contributed by atoms with Crippen LogP contribution in [-0.2, 0) is 16.0 Å². The minimum atomic E-state index is -0.405. The van der Waals surface area contributed by atoms with Gasteiger partial charge in [-0.2, -0.15) is 5.06 Å². The molecular weight excluding hydrogens is 386 g/mol. The number of hydrogen-bond donors (Lipinski definition) is 1. The standard InChI is InChI=1S/C27H37NO3/c1-26(2)19-24(20-27(3,4)28(26)30)31-25(29)14-10-9-11-21-15-17-23(18-16-21)22-12-7-5-6-8-13-22/h5-8,12-13,15-18,22,24,30H,9-11,14,19-20H2,1-4H3. The van der Waals surface area contributed by atoms with E-state index < -0.39 is 11.1 Å². The minimum absolute atomic E-state index is 0.126. The molecule has 1 heterocycles.